The summed E-state index contributed by atoms with van der Waals surface area (Å²) in [6.07, 6.45) is 4.09. The van der Waals surface area contributed by atoms with Gasteiger partial charge in [0.25, 0.3) is 5.91 Å². The van der Waals surface area contributed by atoms with Gasteiger partial charge >= 0.3 is 0 Å². The molecule has 7 heteroatoms. The van der Waals surface area contributed by atoms with Gasteiger partial charge in [0.1, 0.15) is 5.75 Å². The van der Waals surface area contributed by atoms with Crippen molar-refractivity contribution in [2.24, 2.45) is 5.92 Å². The number of carbonyl (C=O) groups excluding carboxylic acids is 2. The Bertz CT molecular complexity index is 771. The van der Waals surface area contributed by atoms with Gasteiger partial charge in [0, 0.05) is 31.4 Å². The monoisotopic (exact) mass is 342 g/mol. The van der Waals surface area contributed by atoms with Crippen molar-refractivity contribution in [2.45, 2.75) is 19.9 Å². The molecule has 1 N–H and O–H groups in total. The Morgan fingerprint density at radius 3 is 2.96 bits per heavy atom. The molecule has 1 aliphatic rings. The number of anilines is 1. The third-order valence-electron chi connectivity index (χ3n) is 4.39. The molecule has 0 radical (unpaired) electrons. The van der Waals surface area contributed by atoms with E-state index in [0.717, 1.165) is 6.54 Å². The van der Waals surface area contributed by atoms with Gasteiger partial charge in [-0.15, -0.1) is 0 Å². The Labute approximate surface area is 146 Å². The molecule has 2 heterocycles. The van der Waals surface area contributed by atoms with Crippen molar-refractivity contribution >= 4 is 17.5 Å². The number of rotatable bonds is 5. The van der Waals surface area contributed by atoms with Gasteiger partial charge in [-0.2, -0.15) is 5.10 Å². The normalized spacial score (nSPS) is 16.7. The molecule has 2 aromatic rings. The number of ether oxygens (including phenoxy) is 1. The highest BCUT2D eigenvalue weighted by molar-refractivity contribution is 5.97. The first kappa shape index (κ1) is 17.0. The van der Waals surface area contributed by atoms with Crippen LogP contribution in [-0.4, -0.2) is 46.7 Å². The molecule has 1 saturated heterocycles. The van der Waals surface area contributed by atoms with Gasteiger partial charge in [-0.1, -0.05) is 6.07 Å². The fraction of sp³-hybridized carbons (Fsp3) is 0.389. The van der Waals surface area contributed by atoms with Crippen molar-refractivity contribution in [1.82, 2.24) is 14.7 Å². The third kappa shape index (κ3) is 3.81. The number of nitrogens with one attached hydrogen (secondary N) is 1. The number of hydrogen-bond acceptors (Lipinski definition) is 4. The minimum Gasteiger partial charge on any atom is -0.497 e. The maximum Gasteiger partial charge on any atom is 0.254 e. The Morgan fingerprint density at radius 1 is 1.40 bits per heavy atom. The van der Waals surface area contributed by atoms with Crippen LogP contribution in [0, 0.1) is 5.92 Å². The smallest absolute Gasteiger partial charge is 0.254 e. The molecule has 3 rings (SSSR count). The van der Waals surface area contributed by atoms with Crippen LogP contribution in [0.15, 0.2) is 36.7 Å². The van der Waals surface area contributed by atoms with Crippen LogP contribution >= 0.6 is 0 Å². The summed E-state index contributed by atoms with van der Waals surface area (Å²) in [4.78, 5) is 26.7. The molecular weight excluding hydrogens is 320 g/mol. The van der Waals surface area contributed by atoms with Crippen molar-refractivity contribution in [3.8, 4) is 5.75 Å². The number of aryl methyl sites for hydroxylation is 1. The predicted molar refractivity (Wildman–Crippen MR) is 93.5 cm³/mol. The van der Waals surface area contributed by atoms with Gasteiger partial charge in [-0.25, -0.2) is 0 Å². The number of carbonyl (C=O) groups is 2. The second kappa shape index (κ2) is 7.38. The Hall–Kier alpha value is -2.83. The van der Waals surface area contributed by atoms with E-state index in [1.807, 2.05) is 6.92 Å². The van der Waals surface area contributed by atoms with Crippen molar-refractivity contribution < 1.29 is 14.3 Å². The van der Waals surface area contributed by atoms with Crippen LogP contribution in [0.25, 0.3) is 0 Å². The van der Waals surface area contributed by atoms with Crippen LogP contribution in [0.3, 0.4) is 0 Å². The van der Waals surface area contributed by atoms with Crippen molar-refractivity contribution in [1.29, 1.82) is 0 Å². The third-order valence-corrected chi connectivity index (χ3v) is 4.39. The van der Waals surface area contributed by atoms with Crippen molar-refractivity contribution in [2.75, 3.05) is 25.5 Å². The summed E-state index contributed by atoms with van der Waals surface area (Å²) in [5.41, 5.74) is 1.26. The molecule has 0 bridgehead atoms. The summed E-state index contributed by atoms with van der Waals surface area (Å²) in [6, 6.07) is 7.07. The summed E-state index contributed by atoms with van der Waals surface area (Å²) in [7, 11) is 1.57. The summed E-state index contributed by atoms with van der Waals surface area (Å²) >= 11 is 0. The quantitative estimate of drug-likeness (QED) is 0.902. The summed E-state index contributed by atoms with van der Waals surface area (Å²) in [6.45, 7) is 3.73. The summed E-state index contributed by atoms with van der Waals surface area (Å²) in [5, 5.41) is 7.01. The second-order valence-corrected chi connectivity index (χ2v) is 6.04. The van der Waals surface area contributed by atoms with Gasteiger partial charge in [-0.05, 0) is 31.5 Å². The number of benzene rings is 1. The van der Waals surface area contributed by atoms with Crippen LogP contribution in [0.5, 0.6) is 5.75 Å². The topological polar surface area (TPSA) is 76.5 Å². The fourth-order valence-corrected chi connectivity index (χ4v) is 2.94. The lowest BCUT2D eigenvalue weighted by molar-refractivity contribution is -0.119. The van der Waals surface area contributed by atoms with E-state index in [9.17, 15) is 9.59 Å². The SMILES string of the molecule is CCn1cc(NC(=O)[C@H]2CCN(C(=O)c3cccc(OC)c3)C2)cn1. The van der Waals surface area contributed by atoms with Gasteiger partial charge < -0.3 is 15.0 Å². The molecule has 0 unspecified atom stereocenters. The van der Waals surface area contributed by atoms with Gasteiger partial charge in [-0.3, -0.25) is 14.3 Å². The van der Waals surface area contributed by atoms with E-state index in [1.54, 1.807) is 53.4 Å². The van der Waals surface area contributed by atoms with Crippen LogP contribution in [-0.2, 0) is 11.3 Å². The van der Waals surface area contributed by atoms with Crippen molar-refractivity contribution in [3.05, 3.63) is 42.2 Å². The van der Waals surface area contributed by atoms with Gasteiger partial charge in [0.2, 0.25) is 5.91 Å². The molecule has 2 amide bonds. The Morgan fingerprint density at radius 2 is 2.24 bits per heavy atom. The molecule has 0 aliphatic carbocycles. The highest BCUT2D eigenvalue weighted by Gasteiger charge is 2.31. The van der Waals surface area contributed by atoms with Gasteiger partial charge in [0.05, 0.1) is 24.9 Å². The molecule has 0 spiro atoms. The van der Waals surface area contributed by atoms with E-state index in [4.69, 9.17) is 4.74 Å². The molecule has 1 aromatic carbocycles. The molecule has 1 aromatic heterocycles. The van der Waals surface area contributed by atoms with Crippen molar-refractivity contribution in [3.63, 3.8) is 0 Å². The lowest BCUT2D eigenvalue weighted by Gasteiger charge is -2.17. The number of hydrogen-bond donors (Lipinski definition) is 1. The molecule has 1 atom stereocenters. The zero-order valence-corrected chi connectivity index (χ0v) is 14.4. The van der Waals surface area contributed by atoms with Crippen LogP contribution < -0.4 is 10.1 Å². The number of aromatic nitrogens is 2. The second-order valence-electron chi connectivity index (χ2n) is 6.04. The lowest BCUT2D eigenvalue weighted by Crippen LogP contribution is -2.31. The van der Waals surface area contributed by atoms with Crippen LogP contribution in [0.4, 0.5) is 5.69 Å². The number of likely N-dealkylation sites (tertiary alicyclic amines) is 1. The Balaban J connectivity index is 1.60. The number of methoxy groups -OCH3 is 1. The van der Waals surface area contributed by atoms with E-state index in [-0.39, 0.29) is 17.7 Å². The predicted octanol–water partition coefficient (Wildman–Crippen LogP) is 2.01. The standard InChI is InChI=1S/C18H22N4O3/c1-3-22-12-15(10-19-22)20-17(23)14-7-8-21(11-14)18(24)13-5-4-6-16(9-13)25-2/h4-6,9-10,12,14H,3,7-8,11H2,1-2H3,(H,20,23)/t14-/m0/s1. The summed E-state index contributed by atoms with van der Waals surface area (Å²) in [5.74, 6) is 0.288. The Kier molecular flexibility index (Phi) is 5.02. The molecule has 25 heavy (non-hydrogen) atoms. The minimum absolute atomic E-state index is 0.0726. The molecular formula is C18H22N4O3. The zero-order chi connectivity index (χ0) is 17.8. The largest absolute Gasteiger partial charge is 0.497 e. The molecule has 0 saturated carbocycles. The van der Waals surface area contributed by atoms with Crippen LogP contribution in [0.1, 0.15) is 23.7 Å². The lowest BCUT2D eigenvalue weighted by atomic mass is 10.1. The zero-order valence-electron chi connectivity index (χ0n) is 14.4. The molecule has 1 aliphatic heterocycles. The molecule has 1 fully saturated rings. The average molecular weight is 342 g/mol. The summed E-state index contributed by atoms with van der Waals surface area (Å²) < 4.78 is 6.91. The number of amides is 2. The first-order valence-electron chi connectivity index (χ1n) is 8.37. The first-order valence-corrected chi connectivity index (χ1v) is 8.37. The minimum atomic E-state index is -0.209. The maximum absolute atomic E-state index is 12.6. The van der Waals surface area contributed by atoms with E-state index in [1.165, 1.54) is 0 Å². The fourth-order valence-electron chi connectivity index (χ4n) is 2.94. The molecule has 7 nitrogen and oxygen atoms in total. The highest BCUT2D eigenvalue weighted by Crippen LogP contribution is 2.22. The average Bonchev–Trinajstić information content (AvgIpc) is 3.30. The van der Waals surface area contributed by atoms with E-state index in [0.29, 0.717) is 36.5 Å². The van der Waals surface area contributed by atoms with E-state index >= 15 is 0 Å². The van der Waals surface area contributed by atoms with Gasteiger partial charge in [0.15, 0.2) is 0 Å². The van der Waals surface area contributed by atoms with Crippen LogP contribution in [0.2, 0.25) is 0 Å². The van der Waals surface area contributed by atoms with E-state index < -0.39 is 0 Å². The number of nitrogens with zero attached hydrogens (tertiary/aromatic N) is 3. The maximum atomic E-state index is 12.6. The first-order chi connectivity index (χ1) is 12.1. The molecule has 132 valence electrons. The highest BCUT2D eigenvalue weighted by atomic mass is 16.5. The van der Waals surface area contributed by atoms with E-state index in [2.05, 4.69) is 10.4 Å².